The Morgan fingerprint density at radius 2 is 2.43 bits per heavy atom. The predicted molar refractivity (Wildman–Crippen MR) is 55.1 cm³/mol. The second kappa shape index (κ2) is 4.77. The van der Waals surface area contributed by atoms with Gasteiger partial charge in [-0.25, -0.2) is 10.8 Å². The maximum absolute atomic E-state index is 10.5. The molecule has 7 heteroatoms. The van der Waals surface area contributed by atoms with Gasteiger partial charge < -0.3 is 5.43 Å². The lowest BCUT2D eigenvalue weighted by molar-refractivity contribution is -0.385. The first kappa shape index (κ1) is 10.7. The van der Waals surface area contributed by atoms with Crippen molar-refractivity contribution >= 4 is 23.3 Å². The average Bonchev–Trinajstić information content (AvgIpc) is 2.17. The van der Waals surface area contributed by atoms with E-state index < -0.39 is 4.92 Å². The van der Waals surface area contributed by atoms with E-state index in [0.29, 0.717) is 10.8 Å². The first-order valence-corrected chi connectivity index (χ1v) is 4.91. The highest BCUT2D eigenvalue weighted by atomic mass is 32.2. The number of nitro groups is 1. The standard InChI is InChI=1S/C7H10N4O2S/c1-2-14-7-4-5(11(12)13)3-6(9-7)10-8/h3-4H,2,8H2,1H3,(H,9,10). The highest BCUT2D eigenvalue weighted by molar-refractivity contribution is 7.99. The van der Waals surface area contributed by atoms with Crippen molar-refractivity contribution in [3.05, 3.63) is 22.2 Å². The Hall–Kier alpha value is -1.34. The number of rotatable bonds is 4. The minimum Gasteiger partial charge on any atom is -0.308 e. The van der Waals surface area contributed by atoms with Crippen LogP contribution in [-0.2, 0) is 0 Å². The summed E-state index contributed by atoms with van der Waals surface area (Å²) in [7, 11) is 0. The summed E-state index contributed by atoms with van der Waals surface area (Å²) in [5.74, 6) is 6.24. The molecule has 0 radical (unpaired) electrons. The van der Waals surface area contributed by atoms with Gasteiger partial charge in [-0.15, -0.1) is 11.8 Å². The minimum absolute atomic E-state index is 0.0103. The number of nitrogens with two attached hydrogens (primary N) is 1. The van der Waals surface area contributed by atoms with Crippen molar-refractivity contribution in [2.75, 3.05) is 11.2 Å². The topological polar surface area (TPSA) is 94.1 Å². The van der Waals surface area contributed by atoms with Gasteiger partial charge in [0, 0.05) is 6.07 Å². The summed E-state index contributed by atoms with van der Waals surface area (Å²) in [6.45, 7) is 1.95. The minimum atomic E-state index is -0.470. The molecule has 1 rings (SSSR count). The molecule has 1 aromatic rings. The Kier molecular flexibility index (Phi) is 3.66. The molecular weight excluding hydrogens is 204 g/mol. The molecule has 1 heterocycles. The summed E-state index contributed by atoms with van der Waals surface area (Å²) in [6.07, 6.45) is 0. The van der Waals surface area contributed by atoms with Crippen molar-refractivity contribution in [3.63, 3.8) is 0 Å². The molecule has 0 saturated heterocycles. The van der Waals surface area contributed by atoms with Crippen LogP contribution in [0.25, 0.3) is 0 Å². The zero-order valence-corrected chi connectivity index (χ0v) is 8.37. The van der Waals surface area contributed by atoms with Gasteiger partial charge in [0.05, 0.1) is 11.0 Å². The second-order valence-electron chi connectivity index (χ2n) is 2.38. The molecule has 0 atom stereocenters. The molecular formula is C7H10N4O2S. The Morgan fingerprint density at radius 1 is 1.71 bits per heavy atom. The van der Waals surface area contributed by atoms with Crippen LogP contribution in [-0.4, -0.2) is 15.7 Å². The largest absolute Gasteiger partial charge is 0.308 e. The van der Waals surface area contributed by atoms with Crippen LogP contribution in [0.15, 0.2) is 17.2 Å². The highest BCUT2D eigenvalue weighted by Gasteiger charge is 2.10. The summed E-state index contributed by atoms with van der Waals surface area (Å²) in [5, 5.41) is 11.1. The van der Waals surface area contributed by atoms with Crippen molar-refractivity contribution in [3.8, 4) is 0 Å². The first-order chi connectivity index (χ1) is 6.67. The van der Waals surface area contributed by atoms with E-state index in [1.807, 2.05) is 6.92 Å². The quantitative estimate of drug-likeness (QED) is 0.340. The fourth-order valence-electron chi connectivity index (χ4n) is 0.893. The van der Waals surface area contributed by atoms with E-state index in [1.54, 1.807) is 0 Å². The van der Waals surface area contributed by atoms with Crippen molar-refractivity contribution in [2.45, 2.75) is 11.9 Å². The molecule has 0 spiro atoms. The summed E-state index contributed by atoms with van der Waals surface area (Å²) in [4.78, 5) is 14.1. The summed E-state index contributed by atoms with van der Waals surface area (Å²) < 4.78 is 0. The molecule has 0 unspecified atom stereocenters. The number of pyridine rings is 1. The van der Waals surface area contributed by atoms with Gasteiger partial charge in [-0.2, -0.15) is 0 Å². The number of hydrogen-bond donors (Lipinski definition) is 2. The lowest BCUT2D eigenvalue weighted by Crippen LogP contribution is -2.09. The molecule has 0 aliphatic carbocycles. The van der Waals surface area contributed by atoms with E-state index in [1.165, 1.54) is 23.9 Å². The van der Waals surface area contributed by atoms with Crippen LogP contribution >= 0.6 is 11.8 Å². The van der Waals surface area contributed by atoms with Gasteiger partial charge in [0.2, 0.25) is 0 Å². The number of aromatic nitrogens is 1. The van der Waals surface area contributed by atoms with Crippen molar-refractivity contribution in [1.29, 1.82) is 0 Å². The van der Waals surface area contributed by atoms with E-state index in [-0.39, 0.29) is 5.69 Å². The molecule has 14 heavy (non-hydrogen) atoms. The highest BCUT2D eigenvalue weighted by Crippen LogP contribution is 2.23. The smallest absolute Gasteiger partial charge is 0.275 e. The molecule has 0 saturated carbocycles. The van der Waals surface area contributed by atoms with Gasteiger partial charge in [0.25, 0.3) is 5.69 Å². The molecule has 3 N–H and O–H groups in total. The number of nitrogen functional groups attached to an aromatic ring is 1. The molecule has 0 amide bonds. The molecule has 0 fully saturated rings. The Bertz CT molecular complexity index is 344. The van der Waals surface area contributed by atoms with Crippen molar-refractivity contribution < 1.29 is 4.92 Å². The van der Waals surface area contributed by atoms with Crippen LogP contribution in [0.3, 0.4) is 0 Å². The van der Waals surface area contributed by atoms with Gasteiger partial charge in [-0.1, -0.05) is 6.92 Å². The third kappa shape index (κ3) is 2.57. The zero-order chi connectivity index (χ0) is 10.6. The van der Waals surface area contributed by atoms with Crippen LogP contribution in [0.5, 0.6) is 0 Å². The number of nitrogens with zero attached hydrogens (tertiary/aromatic N) is 2. The van der Waals surface area contributed by atoms with Crippen molar-refractivity contribution in [1.82, 2.24) is 4.98 Å². The third-order valence-corrected chi connectivity index (χ3v) is 2.23. The van der Waals surface area contributed by atoms with Crippen LogP contribution in [0, 0.1) is 10.1 Å². The number of hydrazine groups is 1. The lowest BCUT2D eigenvalue weighted by Gasteiger charge is -2.02. The second-order valence-corrected chi connectivity index (χ2v) is 3.67. The van der Waals surface area contributed by atoms with E-state index >= 15 is 0 Å². The molecule has 1 aromatic heterocycles. The Balaban J connectivity index is 3.06. The maximum atomic E-state index is 10.5. The average molecular weight is 214 g/mol. The van der Waals surface area contributed by atoms with Gasteiger partial charge in [-0.05, 0) is 5.75 Å². The van der Waals surface area contributed by atoms with E-state index in [2.05, 4.69) is 10.4 Å². The first-order valence-electron chi connectivity index (χ1n) is 3.93. The van der Waals surface area contributed by atoms with E-state index in [0.717, 1.165) is 5.75 Å². The fourth-order valence-corrected chi connectivity index (χ4v) is 1.56. The summed E-state index contributed by atoms with van der Waals surface area (Å²) in [6, 6.07) is 2.72. The number of hydrogen-bond acceptors (Lipinski definition) is 6. The normalized spacial score (nSPS) is 9.86. The molecule has 0 aromatic carbocycles. The SMILES string of the molecule is CCSc1cc([N+](=O)[O-])cc(NN)n1. The Morgan fingerprint density at radius 3 is 2.93 bits per heavy atom. The number of thioether (sulfide) groups is 1. The predicted octanol–water partition coefficient (Wildman–Crippen LogP) is 1.39. The van der Waals surface area contributed by atoms with Gasteiger partial charge in [0.1, 0.15) is 10.8 Å². The molecule has 0 bridgehead atoms. The van der Waals surface area contributed by atoms with Crippen LogP contribution < -0.4 is 11.3 Å². The van der Waals surface area contributed by atoms with Gasteiger partial charge in [-0.3, -0.25) is 10.1 Å². The fraction of sp³-hybridized carbons (Fsp3) is 0.286. The molecule has 76 valence electrons. The summed E-state index contributed by atoms with van der Waals surface area (Å²) in [5.41, 5.74) is 2.28. The number of anilines is 1. The van der Waals surface area contributed by atoms with Crippen LogP contribution in [0.2, 0.25) is 0 Å². The summed E-state index contributed by atoms with van der Waals surface area (Å²) >= 11 is 1.43. The zero-order valence-electron chi connectivity index (χ0n) is 7.56. The van der Waals surface area contributed by atoms with Gasteiger partial charge in [0.15, 0.2) is 0 Å². The maximum Gasteiger partial charge on any atom is 0.275 e. The monoisotopic (exact) mass is 214 g/mol. The van der Waals surface area contributed by atoms with Crippen LogP contribution in [0.1, 0.15) is 6.92 Å². The lowest BCUT2D eigenvalue weighted by atomic mass is 10.4. The number of nitrogens with one attached hydrogen (secondary N) is 1. The third-order valence-electron chi connectivity index (χ3n) is 1.44. The molecule has 0 aliphatic rings. The molecule has 6 nitrogen and oxygen atoms in total. The van der Waals surface area contributed by atoms with Gasteiger partial charge >= 0.3 is 0 Å². The van der Waals surface area contributed by atoms with Crippen molar-refractivity contribution in [2.24, 2.45) is 5.84 Å². The van der Waals surface area contributed by atoms with E-state index in [4.69, 9.17) is 5.84 Å². The molecule has 0 aliphatic heterocycles. The Labute approximate surface area is 85.0 Å². The van der Waals surface area contributed by atoms with Crippen LogP contribution in [0.4, 0.5) is 11.5 Å². The van der Waals surface area contributed by atoms with E-state index in [9.17, 15) is 10.1 Å².